The van der Waals surface area contributed by atoms with Gasteiger partial charge in [0.1, 0.15) is 5.69 Å². The molecular weight excluding hydrogens is 266 g/mol. The minimum Gasteiger partial charge on any atom is -0.395 e. The van der Waals surface area contributed by atoms with Crippen LogP contribution < -0.4 is 0 Å². The largest absolute Gasteiger partial charge is 0.395 e. The van der Waals surface area contributed by atoms with Gasteiger partial charge in [0.05, 0.1) is 12.2 Å². The van der Waals surface area contributed by atoms with Crippen molar-refractivity contribution >= 4 is 5.91 Å². The molecule has 0 unspecified atom stereocenters. The smallest absolute Gasteiger partial charge is 0.258 e. The first-order valence-electron chi connectivity index (χ1n) is 6.77. The maximum atomic E-state index is 12.6. The number of carbonyl (C=O) groups excluding carboxylic acids is 1. The van der Waals surface area contributed by atoms with Gasteiger partial charge in [0.15, 0.2) is 0 Å². The van der Waals surface area contributed by atoms with Gasteiger partial charge < -0.3 is 10.0 Å². The van der Waals surface area contributed by atoms with Gasteiger partial charge in [-0.2, -0.15) is 5.10 Å². The Kier molecular flexibility index (Phi) is 4.90. The lowest BCUT2D eigenvalue weighted by molar-refractivity contribution is 0.0743. The van der Waals surface area contributed by atoms with E-state index in [-0.39, 0.29) is 19.1 Å². The van der Waals surface area contributed by atoms with Crippen LogP contribution in [0.4, 0.5) is 0 Å². The fraction of sp³-hybridized carbons (Fsp3) is 0.250. The molecule has 21 heavy (non-hydrogen) atoms. The number of nitrogens with zero attached hydrogens (tertiary/aromatic N) is 3. The van der Waals surface area contributed by atoms with Gasteiger partial charge in [0.25, 0.3) is 5.91 Å². The number of aliphatic hydroxyl groups is 1. The van der Waals surface area contributed by atoms with Crippen LogP contribution in [-0.4, -0.2) is 45.4 Å². The van der Waals surface area contributed by atoms with Crippen LogP contribution in [0.25, 0.3) is 11.3 Å². The normalized spacial score (nSPS) is 10.4. The van der Waals surface area contributed by atoms with Crippen molar-refractivity contribution in [2.75, 3.05) is 19.7 Å². The van der Waals surface area contributed by atoms with Crippen LogP contribution in [0.2, 0.25) is 0 Å². The third kappa shape index (κ3) is 3.38. The highest BCUT2D eigenvalue weighted by Gasteiger charge is 2.21. The van der Waals surface area contributed by atoms with E-state index in [0.29, 0.717) is 17.8 Å². The Labute approximate surface area is 124 Å². The molecule has 110 valence electrons. The molecule has 0 aliphatic heterocycles. The molecule has 2 aromatic rings. The zero-order valence-corrected chi connectivity index (χ0v) is 12.1. The fourth-order valence-electron chi connectivity index (χ4n) is 2.18. The monoisotopic (exact) mass is 285 g/mol. The third-order valence-electron chi connectivity index (χ3n) is 3.11. The Morgan fingerprint density at radius 3 is 2.76 bits per heavy atom. The molecule has 0 saturated heterocycles. The van der Waals surface area contributed by atoms with E-state index >= 15 is 0 Å². The van der Waals surface area contributed by atoms with Gasteiger partial charge in [0, 0.05) is 31.9 Å². The first-order chi connectivity index (χ1) is 10.2. The average molecular weight is 285 g/mol. The summed E-state index contributed by atoms with van der Waals surface area (Å²) in [5.41, 5.74) is 2.07. The number of hydrogen-bond acceptors (Lipinski definition) is 3. The molecule has 5 heteroatoms. The minimum atomic E-state index is -0.157. The molecule has 0 atom stereocenters. The summed E-state index contributed by atoms with van der Waals surface area (Å²) < 4.78 is 1.63. The summed E-state index contributed by atoms with van der Waals surface area (Å²) in [5, 5.41) is 13.5. The molecule has 1 amide bonds. The highest BCUT2D eigenvalue weighted by atomic mass is 16.3. The number of aromatic nitrogens is 2. The van der Waals surface area contributed by atoms with E-state index < -0.39 is 0 Å². The van der Waals surface area contributed by atoms with E-state index in [9.17, 15) is 4.79 Å². The quantitative estimate of drug-likeness (QED) is 0.822. The fourth-order valence-corrected chi connectivity index (χ4v) is 2.18. The van der Waals surface area contributed by atoms with E-state index in [1.54, 1.807) is 28.9 Å². The number of amides is 1. The van der Waals surface area contributed by atoms with E-state index in [0.717, 1.165) is 5.56 Å². The first-order valence-corrected chi connectivity index (χ1v) is 6.77. The van der Waals surface area contributed by atoms with Crippen molar-refractivity contribution in [3.63, 3.8) is 0 Å². The zero-order chi connectivity index (χ0) is 15.2. The summed E-state index contributed by atoms with van der Waals surface area (Å²) in [6.07, 6.45) is 3.35. The van der Waals surface area contributed by atoms with Crippen molar-refractivity contribution in [2.45, 2.75) is 0 Å². The number of hydrogen-bond donors (Lipinski definition) is 1. The Balaban J connectivity index is 2.39. The molecule has 1 heterocycles. The van der Waals surface area contributed by atoms with E-state index in [1.165, 1.54) is 0 Å². The van der Waals surface area contributed by atoms with Gasteiger partial charge in [-0.25, -0.2) is 0 Å². The molecule has 0 saturated carbocycles. The van der Waals surface area contributed by atoms with Gasteiger partial charge in [0.2, 0.25) is 0 Å². The average Bonchev–Trinajstić information content (AvgIpc) is 2.89. The van der Waals surface area contributed by atoms with Crippen molar-refractivity contribution in [1.29, 1.82) is 0 Å². The SMILES string of the molecule is C=CCN(CCO)C(=O)c1cn(C)nc1-c1ccccc1. The Morgan fingerprint density at radius 2 is 2.14 bits per heavy atom. The van der Waals surface area contributed by atoms with Crippen LogP contribution in [0.3, 0.4) is 0 Å². The van der Waals surface area contributed by atoms with Crippen molar-refractivity contribution in [1.82, 2.24) is 14.7 Å². The van der Waals surface area contributed by atoms with E-state index in [1.807, 2.05) is 30.3 Å². The van der Waals surface area contributed by atoms with Crippen LogP contribution >= 0.6 is 0 Å². The standard InChI is InChI=1S/C16H19N3O2/c1-3-9-19(10-11-20)16(21)14-12-18(2)17-15(14)13-7-5-4-6-8-13/h3-8,12,20H,1,9-11H2,2H3. The van der Waals surface area contributed by atoms with Crippen LogP contribution in [0.15, 0.2) is 49.2 Å². The number of carbonyl (C=O) groups is 1. The van der Waals surface area contributed by atoms with Crippen LogP contribution in [0.1, 0.15) is 10.4 Å². The lowest BCUT2D eigenvalue weighted by Gasteiger charge is -2.19. The summed E-state index contributed by atoms with van der Waals surface area (Å²) in [7, 11) is 1.78. The first kappa shape index (κ1) is 15.0. The van der Waals surface area contributed by atoms with Gasteiger partial charge in [-0.3, -0.25) is 9.48 Å². The van der Waals surface area contributed by atoms with E-state index in [2.05, 4.69) is 11.7 Å². The lowest BCUT2D eigenvalue weighted by atomic mass is 10.1. The highest BCUT2D eigenvalue weighted by Crippen LogP contribution is 2.22. The molecule has 5 nitrogen and oxygen atoms in total. The molecule has 0 radical (unpaired) electrons. The second-order valence-electron chi connectivity index (χ2n) is 4.69. The maximum Gasteiger partial charge on any atom is 0.258 e. The summed E-state index contributed by atoms with van der Waals surface area (Å²) in [4.78, 5) is 14.2. The number of benzene rings is 1. The predicted octanol–water partition coefficient (Wildman–Crippen LogP) is 1.71. The Morgan fingerprint density at radius 1 is 1.43 bits per heavy atom. The predicted molar refractivity (Wildman–Crippen MR) is 81.8 cm³/mol. The third-order valence-corrected chi connectivity index (χ3v) is 3.11. The minimum absolute atomic E-state index is 0.0828. The molecule has 1 aromatic heterocycles. The molecule has 0 bridgehead atoms. The highest BCUT2D eigenvalue weighted by molar-refractivity contribution is 5.99. The number of aliphatic hydroxyl groups excluding tert-OH is 1. The van der Waals surface area contributed by atoms with E-state index in [4.69, 9.17) is 5.11 Å². The molecular formula is C16H19N3O2. The van der Waals surface area contributed by atoms with Crippen molar-refractivity contribution in [3.8, 4) is 11.3 Å². The molecule has 0 aliphatic rings. The molecule has 2 rings (SSSR count). The lowest BCUT2D eigenvalue weighted by Crippen LogP contribution is -2.33. The molecule has 1 N–H and O–H groups in total. The van der Waals surface area contributed by atoms with Crippen molar-refractivity contribution in [2.24, 2.45) is 7.05 Å². The Bertz CT molecular complexity index is 620. The summed E-state index contributed by atoms with van der Waals surface area (Å²) in [6, 6.07) is 9.58. The second kappa shape index (κ2) is 6.85. The van der Waals surface area contributed by atoms with Crippen molar-refractivity contribution < 1.29 is 9.90 Å². The van der Waals surface area contributed by atoms with Gasteiger partial charge in [-0.05, 0) is 0 Å². The molecule has 0 fully saturated rings. The zero-order valence-electron chi connectivity index (χ0n) is 12.1. The topological polar surface area (TPSA) is 58.4 Å². The van der Waals surface area contributed by atoms with Crippen LogP contribution in [-0.2, 0) is 7.05 Å². The molecule has 1 aromatic carbocycles. The summed E-state index contributed by atoms with van der Waals surface area (Å²) in [5.74, 6) is -0.157. The Hall–Kier alpha value is -2.40. The van der Waals surface area contributed by atoms with Gasteiger partial charge in [-0.15, -0.1) is 6.58 Å². The van der Waals surface area contributed by atoms with Gasteiger partial charge in [-0.1, -0.05) is 36.4 Å². The second-order valence-corrected chi connectivity index (χ2v) is 4.69. The summed E-state index contributed by atoms with van der Waals surface area (Å²) in [6.45, 7) is 4.23. The number of aryl methyl sites for hydroxylation is 1. The van der Waals surface area contributed by atoms with Crippen LogP contribution in [0, 0.1) is 0 Å². The van der Waals surface area contributed by atoms with Crippen LogP contribution in [0.5, 0.6) is 0 Å². The number of rotatable bonds is 6. The van der Waals surface area contributed by atoms with Crippen molar-refractivity contribution in [3.05, 3.63) is 54.7 Å². The maximum absolute atomic E-state index is 12.6. The summed E-state index contributed by atoms with van der Waals surface area (Å²) >= 11 is 0. The molecule has 0 aliphatic carbocycles. The van der Waals surface area contributed by atoms with Gasteiger partial charge >= 0.3 is 0 Å². The molecule has 0 spiro atoms.